The summed E-state index contributed by atoms with van der Waals surface area (Å²) >= 11 is 11.7. The van der Waals surface area contributed by atoms with Gasteiger partial charge in [0.15, 0.2) is 0 Å². The fourth-order valence-electron chi connectivity index (χ4n) is 1.52. The first kappa shape index (κ1) is 14.4. The Balaban J connectivity index is 2.02. The fourth-order valence-corrected chi connectivity index (χ4v) is 1.98. The van der Waals surface area contributed by atoms with Gasteiger partial charge in [-0.05, 0) is 42.5 Å². The number of amides is 2. The molecule has 102 valence electrons. The van der Waals surface area contributed by atoms with Gasteiger partial charge >= 0.3 is 6.03 Å². The van der Waals surface area contributed by atoms with Crippen LogP contribution < -0.4 is 10.6 Å². The zero-order chi connectivity index (χ0) is 14.5. The van der Waals surface area contributed by atoms with Crippen molar-refractivity contribution in [3.8, 4) is 0 Å². The van der Waals surface area contributed by atoms with Crippen LogP contribution in [-0.2, 0) is 0 Å². The Morgan fingerprint density at radius 3 is 2.30 bits per heavy atom. The molecule has 0 atom stereocenters. The normalized spacial score (nSPS) is 9.90. The molecule has 0 radical (unpaired) electrons. The van der Waals surface area contributed by atoms with Crippen LogP contribution in [0.5, 0.6) is 0 Å². The molecule has 0 aliphatic carbocycles. The predicted molar refractivity (Wildman–Crippen MR) is 80.9 cm³/mol. The number of aldehydes is 1. The minimum Gasteiger partial charge on any atom is -0.308 e. The minimum atomic E-state index is -0.437. The Hall–Kier alpha value is -2.04. The van der Waals surface area contributed by atoms with Gasteiger partial charge < -0.3 is 10.6 Å². The van der Waals surface area contributed by atoms with Crippen LogP contribution in [0.4, 0.5) is 16.2 Å². The summed E-state index contributed by atoms with van der Waals surface area (Å²) in [5, 5.41) is 6.07. The lowest BCUT2D eigenvalue weighted by molar-refractivity contribution is 0.112. The maximum Gasteiger partial charge on any atom is 0.323 e. The largest absolute Gasteiger partial charge is 0.323 e. The van der Waals surface area contributed by atoms with Crippen molar-refractivity contribution >= 4 is 46.9 Å². The van der Waals surface area contributed by atoms with E-state index in [1.807, 2.05) is 0 Å². The molecule has 0 aromatic heterocycles. The molecular formula is C14H10Cl2N2O2. The van der Waals surface area contributed by atoms with Gasteiger partial charge in [-0.2, -0.15) is 0 Å². The lowest BCUT2D eigenvalue weighted by Gasteiger charge is -2.09. The molecule has 0 bridgehead atoms. The zero-order valence-electron chi connectivity index (χ0n) is 10.2. The third-order valence-electron chi connectivity index (χ3n) is 2.48. The zero-order valence-corrected chi connectivity index (χ0v) is 11.7. The highest BCUT2D eigenvalue weighted by atomic mass is 35.5. The van der Waals surface area contributed by atoms with Crippen molar-refractivity contribution in [1.82, 2.24) is 0 Å². The van der Waals surface area contributed by atoms with Crippen molar-refractivity contribution in [2.24, 2.45) is 0 Å². The second kappa shape index (κ2) is 6.41. The third kappa shape index (κ3) is 3.73. The van der Waals surface area contributed by atoms with Gasteiger partial charge in [0, 0.05) is 16.3 Å². The molecule has 6 heteroatoms. The average Bonchev–Trinajstić information content (AvgIpc) is 2.43. The van der Waals surface area contributed by atoms with Gasteiger partial charge in [-0.1, -0.05) is 23.2 Å². The van der Waals surface area contributed by atoms with Crippen LogP contribution in [0.2, 0.25) is 10.0 Å². The number of hydrogen-bond donors (Lipinski definition) is 2. The van der Waals surface area contributed by atoms with E-state index in [-0.39, 0.29) is 0 Å². The van der Waals surface area contributed by atoms with Crippen molar-refractivity contribution in [3.05, 3.63) is 58.1 Å². The number of urea groups is 1. The van der Waals surface area contributed by atoms with Crippen LogP contribution in [0.1, 0.15) is 10.4 Å². The van der Waals surface area contributed by atoms with E-state index in [1.54, 1.807) is 36.4 Å². The van der Waals surface area contributed by atoms with E-state index < -0.39 is 6.03 Å². The monoisotopic (exact) mass is 308 g/mol. The maximum absolute atomic E-state index is 11.8. The molecule has 4 nitrogen and oxygen atoms in total. The second-order valence-electron chi connectivity index (χ2n) is 3.94. The first-order chi connectivity index (χ1) is 9.58. The van der Waals surface area contributed by atoms with Crippen molar-refractivity contribution in [2.45, 2.75) is 0 Å². The predicted octanol–water partition coefficient (Wildman–Crippen LogP) is 4.45. The Morgan fingerprint density at radius 2 is 1.70 bits per heavy atom. The van der Waals surface area contributed by atoms with Crippen LogP contribution >= 0.6 is 23.2 Å². The van der Waals surface area contributed by atoms with Gasteiger partial charge in [0.25, 0.3) is 0 Å². The van der Waals surface area contributed by atoms with E-state index in [0.29, 0.717) is 27.0 Å². The van der Waals surface area contributed by atoms with Crippen molar-refractivity contribution < 1.29 is 9.59 Å². The highest BCUT2D eigenvalue weighted by Crippen LogP contribution is 2.25. The molecule has 2 rings (SSSR count). The van der Waals surface area contributed by atoms with Crippen LogP contribution in [0.15, 0.2) is 42.5 Å². The summed E-state index contributed by atoms with van der Waals surface area (Å²) in [6.07, 6.45) is 0.733. The van der Waals surface area contributed by atoms with Crippen LogP contribution in [-0.4, -0.2) is 12.3 Å². The molecule has 0 saturated carbocycles. The van der Waals surface area contributed by atoms with Crippen molar-refractivity contribution in [2.75, 3.05) is 10.6 Å². The second-order valence-corrected chi connectivity index (χ2v) is 4.79. The minimum absolute atomic E-state index is 0.351. The lowest BCUT2D eigenvalue weighted by atomic mass is 10.2. The van der Waals surface area contributed by atoms with E-state index >= 15 is 0 Å². The van der Waals surface area contributed by atoms with Crippen LogP contribution in [0, 0.1) is 0 Å². The molecule has 0 heterocycles. The average molecular weight is 309 g/mol. The molecule has 0 fully saturated rings. The quantitative estimate of drug-likeness (QED) is 0.823. The molecular weight excluding hydrogens is 299 g/mol. The number of rotatable bonds is 3. The number of carbonyl (C=O) groups excluding carboxylic acids is 2. The highest BCUT2D eigenvalue weighted by Gasteiger charge is 2.06. The van der Waals surface area contributed by atoms with Crippen molar-refractivity contribution in [1.29, 1.82) is 0 Å². The molecule has 0 spiro atoms. The van der Waals surface area contributed by atoms with Gasteiger partial charge in [0.05, 0.1) is 10.7 Å². The van der Waals surface area contributed by atoms with Gasteiger partial charge in [0.2, 0.25) is 0 Å². The van der Waals surface area contributed by atoms with Gasteiger partial charge in [-0.15, -0.1) is 0 Å². The Bertz CT molecular complexity index is 642. The Labute approximate surface area is 125 Å². The summed E-state index contributed by atoms with van der Waals surface area (Å²) in [6.45, 7) is 0. The Kier molecular flexibility index (Phi) is 4.61. The lowest BCUT2D eigenvalue weighted by Crippen LogP contribution is -2.19. The molecule has 2 aromatic rings. The van der Waals surface area contributed by atoms with Crippen LogP contribution in [0.25, 0.3) is 0 Å². The van der Waals surface area contributed by atoms with Gasteiger partial charge in [0.1, 0.15) is 6.29 Å². The summed E-state index contributed by atoms with van der Waals surface area (Å²) < 4.78 is 0. The number of anilines is 2. The van der Waals surface area contributed by atoms with Gasteiger partial charge in [-0.3, -0.25) is 4.79 Å². The third-order valence-corrected chi connectivity index (χ3v) is 3.03. The van der Waals surface area contributed by atoms with Crippen LogP contribution in [0.3, 0.4) is 0 Å². The van der Waals surface area contributed by atoms with Gasteiger partial charge in [-0.25, -0.2) is 4.79 Å². The highest BCUT2D eigenvalue weighted by molar-refractivity contribution is 6.36. The topological polar surface area (TPSA) is 58.2 Å². The van der Waals surface area contributed by atoms with E-state index in [2.05, 4.69) is 10.6 Å². The summed E-state index contributed by atoms with van der Waals surface area (Å²) in [4.78, 5) is 22.3. The molecule has 2 aromatic carbocycles. The number of nitrogens with one attached hydrogen (secondary N) is 2. The molecule has 2 amide bonds. The smallest absolute Gasteiger partial charge is 0.308 e. The Morgan fingerprint density at radius 1 is 1.00 bits per heavy atom. The maximum atomic E-state index is 11.8. The first-order valence-electron chi connectivity index (χ1n) is 5.67. The summed E-state index contributed by atoms with van der Waals surface area (Å²) in [5.74, 6) is 0. The van der Waals surface area contributed by atoms with E-state index in [0.717, 1.165) is 6.29 Å². The summed E-state index contributed by atoms with van der Waals surface area (Å²) in [6, 6.07) is 10.8. The standard InChI is InChI=1S/C14H10Cl2N2O2/c15-10-3-6-13(12(16)7-10)18-14(20)17-11-4-1-9(8-19)2-5-11/h1-8H,(H2,17,18,20). The van der Waals surface area contributed by atoms with E-state index in [9.17, 15) is 9.59 Å². The number of carbonyl (C=O) groups is 2. The number of benzene rings is 2. The van der Waals surface area contributed by atoms with E-state index in [1.165, 1.54) is 6.07 Å². The molecule has 2 N–H and O–H groups in total. The number of hydrogen-bond acceptors (Lipinski definition) is 2. The SMILES string of the molecule is O=Cc1ccc(NC(=O)Nc2ccc(Cl)cc2Cl)cc1. The first-order valence-corrected chi connectivity index (χ1v) is 6.42. The molecule has 0 saturated heterocycles. The summed E-state index contributed by atoms with van der Waals surface area (Å²) in [5.41, 5.74) is 1.56. The molecule has 0 unspecified atom stereocenters. The number of halogens is 2. The van der Waals surface area contributed by atoms with E-state index in [4.69, 9.17) is 23.2 Å². The summed E-state index contributed by atoms with van der Waals surface area (Å²) in [7, 11) is 0. The van der Waals surface area contributed by atoms with Crippen molar-refractivity contribution in [3.63, 3.8) is 0 Å². The molecule has 0 aliphatic heterocycles. The molecule has 20 heavy (non-hydrogen) atoms. The fraction of sp³-hybridized carbons (Fsp3) is 0. The molecule has 0 aliphatic rings.